The van der Waals surface area contributed by atoms with Gasteiger partial charge in [-0.1, -0.05) is 12.1 Å². The Morgan fingerprint density at radius 1 is 0.839 bits per heavy atom. The lowest BCUT2D eigenvalue weighted by molar-refractivity contribution is -0.129. The van der Waals surface area contributed by atoms with Gasteiger partial charge in [-0.05, 0) is 73.8 Å². The second kappa shape index (κ2) is 7.77. The minimum atomic E-state index is -0.445. The summed E-state index contributed by atoms with van der Waals surface area (Å²) in [6.45, 7) is 0.307. The van der Waals surface area contributed by atoms with E-state index in [2.05, 4.69) is 10.6 Å². The molecule has 1 aliphatic heterocycles. The van der Waals surface area contributed by atoms with Crippen molar-refractivity contribution in [3.63, 3.8) is 0 Å². The van der Waals surface area contributed by atoms with Gasteiger partial charge < -0.3 is 10.6 Å². The van der Waals surface area contributed by atoms with E-state index in [4.69, 9.17) is 0 Å². The monoisotopic (exact) mass is 423 g/mol. The lowest BCUT2D eigenvalue weighted by Gasteiger charge is -2.56. The van der Waals surface area contributed by atoms with Gasteiger partial charge in [0.1, 0.15) is 6.54 Å². The van der Waals surface area contributed by atoms with E-state index >= 15 is 0 Å². The average molecular weight is 424 g/mol. The van der Waals surface area contributed by atoms with Crippen molar-refractivity contribution >= 4 is 23.6 Å². The van der Waals surface area contributed by atoms with E-state index in [9.17, 15) is 19.2 Å². The van der Waals surface area contributed by atoms with Gasteiger partial charge in [-0.3, -0.25) is 24.1 Å². The first-order valence-corrected chi connectivity index (χ1v) is 11.4. The molecule has 1 aromatic rings. The Kier molecular flexibility index (Phi) is 5.07. The van der Waals surface area contributed by atoms with E-state index in [1.807, 2.05) is 0 Å². The number of carbonyl (C=O) groups is 4. The highest BCUT2D eigenvalue weighted by atomic mass is 16.2. The maximum Gasteiger partial charge on any atom is 0.262 e. The number of nitrogens with zero attached hydrogens (tertiary/aromatic N) is 1. The van der Waals surface area contributed by atoms with E-state index in [1.165, 1.54) is 38.5 Å². The molecule has 2 N–H and O–H groups in total. The number of amides is 4. The van der Waals surface area contributed by atoms with Crippen LogP contribution in [-0.4, -0.2) is 48.2 Å². The van der Waals surface area contributed by atoms with Gasteiger partial charge >= 0.3 is 0 Å². The predicted molar refractivity (Wildman–Crippen MR) is 113 cm³/mol. The van der Waals surface area contributed by atoms with Gasteiger partial charge in [-0.15, -0.1) is 0 Å². The van der Waals surface area contributed by atoms with E-state index < -0.39 is 17.7 Å². The standard InChI is InChI=1S/C24H29N3O4/c28-20(13-24-10-15-7-16(11-24)9-17(8-15)12-24)25-5-6-26-21(29)14-27-22(30)18-3-1-2-4-19(18)23(27)31/h1-4,15-17H,5-14H2,(H,25,28)(H,26,29). The molecule has 4 amide bonds. The molecule has 4 saturated carbocycles. The van der Waals surface area contributed by atoms with Gasteiger partial charge in [-0.2, -0.15) is 0 Å². The number of hydrogen-bond donors (Lipinski definition) is 2. The molecular formula is C24H29N3O4. The molecule has 0 aromatic heterocycles. The van der Waals surface area contributed by atoms with Crippen LogP contribution >= 0.6 is 0 Å². The molecule has 31 heavy (non-hydrogen) atoms. The van der Waals surface area contributed by atoms with Crippen molar-refractivity contribution in [2.45, 2.75) is 44.9 Å². The SMILES string of the molecule is O=C(CN1C(=O)c2ccccc2C1=O)NCCNC(=O)CC12CC3CC(CC(C3)C1)C2. The smallest absolute Gasteiger partial charge is 0.262 e. The molecule has 0 atom stereocenters. The van der Waals surface area contributed by atoms with Crippen molar-refractivity contribution in [3.05, 3.63) is 35.4 Å². The van der Waals surface area contributed by atoms with Gasteiger partial charge in [0.05, 0.1) is 11.1 Å². The zero-order chi connectivity index (χ0) is 21.6. The summed E-state index contributed by atoms with van der Waals surface area (Å²) < 4.78 is 0. The van der Waals surface area contributed by atoms with Crippen LogP contribution in [0.5, 0.6) is 0 Å². The third-order valence-electron chi connectivity index (χ3n) is 7.65. The molecule has 5 aliphatic rings. The molecule has 1 heterocycles. The second-order valence-electron chi connectivity index (χ2n) is 10.0. The van der Waals surface area contributed by atoms with E-state index in [0.29, 0.717) is 24.1 Å². The van der Waals surface area contributed by atoms with Gasteiger partial charge in [-0.25, -0.2) is 0 Å². The molecule has 0 unspecified atom stereocenters. The molecule has 164 valence electrons. The summed E-state index contributed by atoms with van der Waals surface area (Å²) in [7, 11) is 0. The Labute approximate surface area is 181 Å². The lowest BCUT2D eigenvalue weighted by Crippen LogP contribution is -2.48. The first-order chi connectivity index (χ1) is 14.9. The maximum absolute atomic E-state index is 12.5. The summed E-state index contributed by atoms with van der Waals surface area (Å²) in [5.41, 5.74) is 0.864. The second-order valence-corrected chi connectivity index (χ2v) is 10.0. The maximum atomic E-state index is 12.5. The third-order valence-corrected chi connectivity index (χ3v) is 7.65. The molecule has 0 saturated heterocycles. The van der Waals surface area contributed by atoms with Crippen molar-refractivity contribution in [1.29, 1.82) is 0 Å². The molecule has 6 rings (SSSR count). The highest BCUT2D eigenvalue weighted by Gasteiger charge is 2.51. The molecule has 0 spiro atoms. The summed E-state index contributed by atoms with van der Waals surface area (Å²) in [6, 6.07) is 6.57. The zero-order valence-electron chi connectivity index (χ0n) is 17.7. The third kappa shape index (κ3) is 3.86. The number of hydrogen-bond acceptors (Lipinski definition) is 4. The molecule has 4 bridgehead atoms. The molecule has 1 aromatic carbocycles. The van der Waals surface area contributed by atoms with Crippen molar-refractivity contribution in [2.75, 3.05) is 19.6 Å². The molecular weight excluding hydrogens is 394 g/mol. The van der Waals surface area contributed by atoms with Crippen molar-refractivity contribution in [1.82, 2.24) is 15.5 Å². The van der Waals surface area contributed by atoms with Crippen molar-refractivity contribution in [3.8, 4) is 0 Å². The van der Waals surface area contributed by atoms with Crippen molar-refractivity contribution < 1.29 is 19.2 Å². The van der Waals surface area contributed by atoms with Gasteiger partial charge in [0, 0.05) is 19.5 Å². The quantitative estimate of drug-likeness (QED) is 0.519. The first kappa shape index (κ1) is 20.2. The first-order valence-electron chi connectivity index (χ1n) is 11.4. The minimum Gasteiger partial charge on any atom is -0.354 e. The van der Waals surface area contributed by atoms with Gasteiger partial charge in [0.2, 0.25) is 11.8 Å². The number of fused-ring (bicyclic) bond motifs is 1. The Bertz CT molecular complexity index is 870. The van der Waals surface area contributed by atoms with Crippen LogP contribution in [0.3, 0.4) is 0 Å². The Hall–Kier alpha value is -2.70. The van der Waals surface area contributed by atoms with E-state index in [0.717, 1.165) is 22.7 Å². The molecule has 0 radical (unpaired) electrons. The van der Waals surface area contributed by atoms with Crippen molar-refractivity contribution in [2.24, 2.45) is 23.2 Å². The normalized spacial score (nSPS) is 30.5. The number of rotatable bonds is 7. The van der Waals surface area contributed by atoms with Gasteiger partial charge in [0.25, 0.3) is 11.8 Å². The number of benzene rings is 1. The summed E-state index contributed by atoms with van der Waals surface area (Å²) in [6.07, 6.45) is 8.27. The number of imide groups is 1. The average Bonchev–Trinajstić information content (AvgIpc) is 2.95. The number of carbonyl (C=O) groups excluding carboxylic acids is 4. The largest absolute Gasteiger partial charge is 0.354 e. The van der Waals surface area contributed by atoms with Crippen LogP contribution in [0.15, 0.2) is 24.3 Å². The highest BCUT2D eigenvalue weighted by molar-refractivity contribution is 6.22. The fourth-order valence-corrected chi connectivity index (χ4v) is 6.90. The van der Waals surface area contributed by atoms with Crippen LogP contribution in [0.4, 0.5) is 0 Å². The van der Waals surface area contributed by atoms with Crippen LogP contribution in [-0.2, 0) is 9.59 Å². The fraction of sp³-hybridized carbons (Fsp3) is 0.583. The Morgan fingerprint density at radius 3 is 1.84 bits per heavy atom. The Morgan fingerprint density at radius 2 is 1.32 bits per heavy atom. The van der Waals surface area contributed by atoms with Crippen LogP contribution in [0.1, 0.15) is 65.7 Å². The van der Waals surface area contributed by atoms with Crippen LogP contribution < -0.4 is 10.6 Å². The number of nitrogens with one attached hydrogen (secondary N) is 2. The van der Waals surface area contributed by atoms with Crippen LogP contribution in [0.25, 0.3) is 0 Å². The summed E-state index contributed by atoms with van der Waals surface area (Å²) in [4.78, 5) is 50.4. The molecule has 4 fully saturated rings. The summed E-state index contributed by atoms with van der Waals surface area (Å²) in [5, 5.41) is 5.63. The summed E-state index contributed by atoms with van der Waals surface area (Å²) >= 11 is 0. The highest BCUT2D eigenvalue weighted by Crippen LogP contribution is 2.61. The minimum absolute atomic E-state index is 0.0662. The van der Waals surface area contributed by atoms with Crippen LogP contribution in [0.2, 0.25) is 0 Å². The Balaban J connectivity index is 1.05. The predicted octanol–water partition coefficient (Wildman–Crippen LogP) is 2.12. The summed E-state index contributed by atoms with van der Waals surface area (Å²) in [5.74, 6) is 1.22. The molecule has 7 heteroatoms. The molecule has 7 nitrogen and oxygen atoms in total. The van der Waals surface area contributed by atoms with Gasteiger partial charge in [0.15, 0.2) is 0 Å². The zero-order valence-corrected chi connectivity index (χ0v) is 17.7. The van der Waals surface area contributed by atoms with E-state index in [1.54, 1.807) is 24.3 Å². The van der Waals surface area contributed by atoms with E-state index in [-0.39, 0.29) is 24.4 Å². The fourth-order valence-electron chi connectivity index (χ4n) is 6.90. The lowest BCUT2D eigenvalue weighted by atomic mass is 9.49. The van der Waals surface area contributed by atoms with Crippen LogP contribution in [0, 0.1) is 23.2 Å². The molecule has 4 aliphatic carbocycles. The topological polar surface area (TPSA) is 95.6 Å².